The Hall–Kier alpha value is -3.51. The standard InChI is InChI=1S/C30H36N4O2/c1-3-18-36-25-11-12-28-26(19-25)27(21-31-28)24-13-16-33(17-14-24)15-7-6-8-23-20-32-34(22-23)29-9-4-5-10-30(29)35-2/h4-5,9-13,19-22,31H,3,6-8,14-18H2,1-2H3. The number of ether oxygens (including phenoxy) is 2. The maximum absolute atomic E-state index is 5.86. The van der Waals surface area contributed by atoms with Crippen molar-refractivity contribution in [3.8, 4) is 17.2 Å². The van der Waals surface area contributed by atoms with Gasteiger partial charge in [-0.25, -0.2) is 4.68 Å². The molecule has 188 valence electrons. The number of para-hydroxylation sites is 2. The number of nitrogens with zero attached hydrogens (tertiary/aromatic N) is 3. The second-order valence-corrected chi connectivity index (χ2v) is 9.46. The highest BCUT2D eigenvalue weighted by Gasteiger charge is 2.16. The quantitative estimate of drug-likeness (QED) is 0.255. The molecule has 4 aromatic rings. The zero-order valence-electron chi connectivity index (χ0n) is 21.4. The van der Waals surface area contributed by atoms with Crippen molar-refractivity contribution >= 4 is 16.5 Å². The fourth-order valence-corrected chi connectivity index (χ4v) is 4.94. The number of hydrogen-bond acceptors (Lipinski definition) is 4. The molecule has 6 heteroatoms. The predicted octanol–water partition coefficient (Wildman–Crippen LogP) is 6.26. The third-order valence-corrected chi connectivity index (χ3v) is 6.92. The van der Waals surface area contributed by atoms with Gasteiger partial charge in [-0.3, -0.25) is 4.90 Å². The summed E-state index contributed by atoms with van der Waals surface area (Å²) >= 11 is 0. The predicted molar refractivity (Wildman–Crippen MR) is 146 cm³/mol. The van der Waals surface area contributed by atoms with Gasteiger partial charge in [-0.2, -0.15) is 5.10 Å². The second-order valence-electron chi connectivity index (χ2n) is 9.46. The van der Waals surface area contributed by atoms with Gasteiger partial charge in [0.25, 0.3) is 0 Å². The highest BCUT2D eigenvalue weighted by Crippen LogP contribution is 2.31. The van der Waals surface area contributed by atoms with E-state index in [1.54, 1.807) is 7.11 Å². The average Bonchev–Trinajstić information content (AvgIpc) is 3.57. The minimum absolute atomic E-state index is 0.757. The highest BCUT2D eigenvalue weighted by atomic mass is 16.5. The molecule has 0 atom stereocenters. The molecule has 0 saturated heterocycles. The van der Waals surface area contributed by atoms with Gasteiger partial charge >= 0.3 is 0 Å². The first-order valence-electron chi connectivity index (χ1n) is 13.1. The third kappa shape index (κ3) is 5.49. The van der Waals surface area contributed by atoms with Crippen LogP contribution in [-0.4, -0.2) is 53.0 Å². The maximum Gasteiger partial charge on any atom is 0.144 e. The van der Waals surface area contributed by atoms with E-state index >= 15 is 0 Å². The lowest BCUT2D eigenvalue weighted by Crippen LogP contribution is -2.29. The fourth-order valence-electron chi connectivity index (χ4n) is 4.94. The molecule has 0 bridgehead atoms. The molecule has 36 heavy (non-hydrogen) atoms. The zero-order valence-corrected chi connectivity index (χ0v) is 21.4. The molecular formula is C30H36N4O2. The summed E-state index contributed by atoms with van der Waals surface area (Å²) < 4.78 is 13.2. The van der Waals surface area contributed by atoms with Crippen LogP contribution in [0.5, 0.6) is 11.5 Å². The lowest BCUT2D eigenvalue weighted by molar-refractivity contribution is 0.295. The van der Waals surface area contributed by atoms with Crippen molar-refractivity contribution in [3.63, 3.8) is 0 Å². The molecule has 3 heterocycles. The molecule has 0 unspecified atom stereocenters. The van der Waals surface area contributed by atoms with Crippen LogP contribution in [0.3, 0.4) is 0 Å². The normalized spacial score (nSPS) is 14.2. The first kappa shape index (κ1) is 24.2. The topological polar surface area (TPSA) is 55.3 Å². The van der Waals surface area contributed by atoms with Crippen molar-refractivity contribution in [3.05, 3.63) is 78.3 Å². The van der Waals surface area contributed by atoms with Crippen LogP contribution < -0.4 is 9.47 Å². The highest BCUT2D eigenvalue weighted by molar-refractivity contribution is 5.93. The van der Waals surface area contributed by atoms with Gasteiger partial charge in [-0.15, -0.1) is 0 Å². The first-order chi connectivity index (χ1) is 17.7. The number of hydrogen-bond donors (Lipinski definition) is 1. The van der Waals surface area contributed by atoms with Crippen LogP contribution in [0.15, 0.2) is 67.1 Å². The minimum atomic E-state index is 0.757. The largest absolute Gasteiger partial charge is 0.494 e. The Bertz CT molecular complexity index is 1320. The smallest absolute Gasteiger partial charge is 0.144 e. The summed E-state index contributed by atoms with van der Waals surface area (Å²) in [5.74, 6) is 1.79. The summed E-state index contributed by atoms with van der Waals surface area (Å²) in [5.41, 5.74) is 6.17. The van der Waals surface area contributed by atoms with Crippen molar-refractivity contribution in [2.75, 3.05) is 33.4 Å². The van der Waals surface area contributed by atoms with E-state index in [9.17, 15) is 0 Å². The zero-order chi connectivity index (χ0) is 24.7. The summed E-state index contributed by atoms with van der Waals surface area (Å²) in [6.07, 6.45) is 14.1. The second kappa shape index (κ2) is 11.5. The molecule has 0 saturated carbocycles. The molecule has 1 aliphatic heterocycles. The summed E-state index contributed by atoms with van der Waals surface area (Å²) in [7, 11) is 1.70. The van der Waals surface area contributed by atoms with Crippen LogP contribution in [-0.2, 0) is 6.42 Å². The minimum Gasteiger partial charge on any atom is -0.494 e. The monoisotopic (exact) mass is 484 g/mol. The molecule has 2 aromatic carbocycles. The van der Waals surface area contributed by atoms with Crippen LogP contribution in [0.25, 0.3) is 22.2 Å². The number of aryl methyl sites for hydroxylation is 1. The number of nitrogens with one attached hydrogen (secondary N) is 1. The molecule has 1 aliphatic rings. The Morgan fingerprint density at radius 1 is 1.11 bits per heavy atom. The van der Waals surface area contributed by atoms with Gasteiger partial charge in [0.05, 0.1) is 19.9 Å². The van der Waals surface area contributed by atoms with Gasteiger partial charge in [0.15, 0.2) is 0 Å². The van der Waals surface area contributed by atoms with E-state index in [2.05, 4.69) is 58.6 Å². The van der Waals surface area contributed by atoms with Gasteiger partial charge in [0, 0.05) is 41.9 Å². The number of unbranched alkanes of at least 4 members (excludes halogenated alkanes) is 1. The van der Waals surface area contributed by atoms with Crippen molar-refractivity contribution in [1.82, 2.24) is 19.7 Å². The fraction of sp³-hybridized carbons (Fsp3) is 0.367. The van der Waals surface area contributed by atoms with Crippen LogP contribution in [0.4, 0.5) is 0 Å². The van der Waals surface area contributed by atoms with Gasteiger partial charge in [0.1, 0.15) is 17.2 Å². The lowest BCUT2D eigenvalue weighted by atomic mass is 9.98. The average molecular weight is 485 g/mol. The number of aromatic nitrogens is 3. The van der Waals surface area contributed by atoms with Crippen LogP contribution in [0.1, 0.15) is 43.7 Å². The van der Waals surface area contributed by atoms with Crippen molar-refractivity contribution in [2.45, 2.75) is 39.0 Å². The van der Waals surface area contributed by atoms with Crippen molar-refractivity contribution in [2.24, 2.45) is 0 Å². The number of fused-ring (bicyclic) bond motifs is 1. The van der Waals surface area contributed by atoms with Gasteiger partial charge < -0.3 is 14.5 Å². The van der Waals surface area contributed by atoms with E-state index in [-0.39, 0.29) is 0 Å². The SMILES string of the molecule is CCCOc1ccc2[nH]cc(C3=CCN(CCCCc4cnn(-c5ccccc5OC)c4)CC3)c2c1. The Kier molecular flexibility index (Phi) is 7.72. The molecule has 5 rings (SSSR count). The van der Waals surface area contributed by atoms with E-state index in [0.717, 1.165) is 69.1 Å². The summed E-state index contributed by atoms with van der Waals surface area (Å²) in [5, 5.41) is 5.81. The molecule has 1 N–H and O–H groups in total. The number of rotatable bonds is 11. The molecule has 6 nitrogen and oxygen atoms in total. The van der Waals surface area contributed by atoms with E-state index in [4.69, 9.17) is 9.47 Å². The van der Waals surface area contributed by atoms with E-state index < -0.39 is 0 Å². The number of aromatic amines is 1. The number of methoxy groups -OCH3 is 1. The van der Waals surface area contributed by atoms with Crippen LogP contribution >= 0.6 is 0 Å². The molecule has 2 aromatic heterocycles. The van der Waals surface area contributed by atoms with E-state index in [1.165, 1.54) is 34.0 Å². The Morgan fingerprint density at radius 2 is 2.03 bits per heavy atom. The van der Waals surface area contributed by atoms with E-state index in [1.807, 2.05) is 35.1 Å². The molecule has 0 aliphatic carbocycles. The summed E-state index contributed by atoms with van der Waals surface area (Å²) in [4.78, 5) is 5.99. The Balaban J connectivity index is 1.11. The van der Waals surface area contributed by atoms with Crippen molar-refractivity contribution < 1.29 is 9.47 Å². The van der Waals surface area contributed by atoms with Gasteiger partial charge in [0.2, 0.25) is 0 Å². The lowest BCUT2D eigenvalue weighted by Gasteiger charge is -2.26. The molecule has 0 spiro atoms. The maximum atomic E-state index is 5.86. The van der Waals surface area contributed by atoms with Crippen LogP contribution in [0, 0.1) is 0 Å². The number of benzene rings is 2. The third-order valence-electron chi connectivity index (χ3n) is 6.92. The molecular weight excluding hydrogens is 448 g/mol. The molecule has 0 amide bonds. The summed E-state index contributed by atoms with van der Waals surface area (Å²) in [6, 6.07) is 14.3. The molecule has 0 radical (unpaired) electrons. The van der Waals surface area contributed by atoms with Crippen LogP contribution in [0.2, 0.25) is 0 Å². The van der Waals surface area contributed by atoms with Gasteiger partial charge in [-0.05, 0) is 80.1 Å². The molecule has 0 fully saturated rings. The Morgan fingerprint density at radius 3 is 2.86 bits per heavy atom. The van der Waals surface area contributed by atoms with Crippen molar-refractivity contribution in [1.29, 1.82) is 0 Å². The number of H-pyrrole nitrogens is 1. The van der Waals surface area contributed by atoms with Gasteiger partial charge in [-0.1, -0.05) is 25.1 Å². The van der Waals surface area contributed by atoms with E-state index in [0.29, 0.717) is 0 Å². The Labute approximate surface area is 213 Å². The summed E-state index contributed by atoms with van der Waals surface area (Å²) in [6.45, 7) is 6.15. The first-order valence-corrected chi connectivity index (χ1v) is 13.1.